The van der Waals surface area contributed by atoms with Gasteiger partial charge in [-0.05, 0) is 43.0 Å². The largest absolute Gasteiger partial charge is 0.399 e. The third kappa shape index (κ3) is 1.53. The van der Waals surface area contributed by atoms with Crippen molar-refractivity contribution in [2.45, 2.75) is 25.7 Å². The Balaban J connectivity index is 2.01. The lowest BCUT2D eigenvalue weighted by Gasteiger charge is -2.36. The third-order valence-electron chi connectivity index (χ3n) is 3.97. The average molecular weight is 255 g/mol. The third-order valence-corrected chi connectivity index (χ3v) is 3.97. The lowest BCUT2D eigenvalue weighted by molar-refractivity contribution is -0.132. The van der Waals surface area contributed by atoms with Gasteiger partial charge in [0, 0.05) is 5.69 Å². The highest BCUT2D eigenvalue weighted by Gasteiger charge is 2.50. The molecule has 0 saturated heterocycles. The van der Waals surface area contributed by atoms with Crippen LogP contribution in [0, 0.1) is 16.7 Å². The number of fused-ring (bicyclic) bond motifs is 1. The van der Waals surface area contributed by atoms with E-state index in [0.717, 1.165) is 16.9 Å². The summed E-state index contributed by atoms with van der Waals surface area (Å²) >= 11 is 0. The van der Waals surface area contributed by atoms with E-state index in [2.05, 4.69) is 6.07 Å². The molecule has 3 rings (SSSR count). The fourth-order valence-corrected chi connectivity index (χ4v) is 2.68. The molecular weight excluding hydrogens is 242 g/mol. The average Bonchev–Trinajstić information content (AvgIpc) is 2.63. The molecule has 0 radical (unpaired) electrons. The first-order valence-electron chi connectivity index (χ1n) is 6.24. The van der Waals surface area contributed by atoms with Gasteiger partial charge in [-0.1, -0.05) is 0 Å². The molecule has 1 aliphatic carbocycles. The van der Waals surface area contributed by atoms with Gasteiger partial charge in [-0.15, -0.1) is 0 Å². The summed E-state index contributed by atoms with van der Waals surface area (Å²) in [5.74, 6) is -0.651. The lowest BCUT2D eigenvalue weighted by atomic mass is 9.69. The van der Waals surface area contributed by atoms with Crippen LogP contribution in [0.4, 0.5) is 11.4 Å². The minimum Gasteiger partial charge on any atom is -0.399 e. The lowest BCUT2D eigenvalue weighted by Crippen LogP contribution is -2.48. The van der Waals surface area contributed by atoms with Gasteiger partial charge < -0.3 is 5.73 Å². The number of carbonyl (C=O) groups excluding carboxylic acids is 2. The van der Waals surface area contributed by atoms with Gasteiger partial charge in [0.1, 0.15) is 5.41 Å². The minimum absolute atomic E-state index is 0.174. The topological polar surface area (TPSA) is 87.2 Å². The Kier molecular flexibility index (Phi) is 2.36. The number of imide groups is 1. The number of hydrogen-bond donors (Lipinski definition) is 1. The van der Waals surface area contributed by atoms with E-state index in [9.17, 15) is 14.9 Å². The van der Waals surface area contributed by atoms with Crippen LogP contribution in [0.1, 0.15) is 24.8 Å². The van der Waals surface area contributed by atoms with E-state index in [1.54, 1.807) is 18.2 Å². The molecule has 1 aliphatic heterocycles. The van der Waals surface area contributed by atoms with Crippen LogP contribution in [0.2, 0.25) is 0 Å². The number of nitrogens with two attached hydrogens (primary N) is 1. The van der Waals surface area contributed by atoms with Gasteiger partial charge in [-0.3, -0.25) is 9.59 Å². The van der Waals surface area contributed by atoms with Crippen LogP contribution in [0.25, 0.3) is 0 Å². The van der Waals surface area contributed by atoms with E-state index < -0.39 is 5.41 Å². The molecule has 96 valence electrons. The van der Waals surface area contributed by atoms with E-state index in [1.807, 2.05) is 0 Å². The summed E-state index contributed by atoms with van der Waals surface area (Å²) in [6.07, 6.45) is 2.11. The first kappa shape index (κ1) is 11.7. The zero-order valence-corrected chi connectivity index (χ0v) is 10.3. The molecule has 1 fully saturated rings. The molecule has 1 aromatic rings. The number of rotatable bonds is 1. The normalized spacial score (nSPS) is 19.5. The Bertz CT molecular complexity index is 626. The van der Waals surface area contributed by atoms with Crippen molar-refractivity contribution in [1.82, 2.24) is 0 Å². The second-order valence-electron chi connectivity index (χ2n) is 5.15. The molecule has 0 spiro atoms. The van der Waals surface area contributed by atoms with Crippen LogP contribution >= 0.6 is 0 Å². The van der Waals surface area contributed by atoms with Gasteiger partial charge >= 0.3 is 0 Å². The molecule has 2 amide bonds. The van der Waals surface area contributed by atoms with Gasteiger partial charge in [0.15, 0.2) is 0 Å². The summed E-state index contributed by atoms with van der Waals surface area (Å²) in [5, 5.41) is 9.22. The molecule has 5 heteroatoms. The van der Waals surface area contributed by atoms with Gasteiger partial charge in [0.2, 0.25) is 5.91 Å². The molecule has 19 heavy (non-hydrogen) atoms. The predicted molar refractivity (Wildman–Crippen MR) is 68.9 cm³/mol. The monoisotopic (exact) mass is 255 g/mol. The molecule has 1 aromatic carbocycles. The SMILES string of the molecule is N#CC1(C(=O)N2C(=O)Cc3cc(N)ccc32)CCC1. The standard InChI is InChI=1S/C14H13N3O2/c15-8-14(4-1-5-14)13(19)17-11-3-2-10(16)6-9(11)7-12(17)18/h2-3,6H,1,4-5,7,16H2. The number of amides is 2. The van der Waals surface area contributed by atoms with E-state index in [4.69, 9.17) is 5.73 Å². The fourth-order valence-electron chi connectivity index (χ4n) is 2.68. The van der Waals surface area contributed by atoms with Crippen LogP contribution in [-0.4, -0.2) is 11.8 Å². The first-order chi connectivity index (χ1) is 9.07. The number of hydrogen-bond acceptors (Lipinski definition) is 4. The number of nitriles is 1. The van der Waals surface area contributed by atoms with Gasteiger partial charge in [0.25, 0.3) is 5.91 Å². The minimum atomic E-state index is -1.00. The number of carbonyl (C=O) groups is 2. The first-order valence-corrected chi connectivity index (χ1v) is 6.24. The van der Waals surface area contributed by atoms with Crippen LogP contribution in [0.5, 0.6) is 0 Å². The summed E-state index contributed by atoms with van der Waals surface area (Å²) < 4.78 is 0. The Morgan fingerprint density at radius 2 is 2.16 bits per heavy atom. The predicted octanol–water partition coefficient (Wildman–Crippen LogP) is 1.38. The maximum Gasteiger partial charge on any atom is 0.254 e. The zero-order valence-electron chi connectivity index (χ0n) is 10.3. The number of benzene rings is 1. The number of nitrogens with zero attached hydrogens (tertiary/aromatic N) is 2. The molecule has 0 unspecified atom stereocenters. The summed E-state index contributed by atoms with van der Waals surface area (Å²) in [7, 11) is 0. The van der Waals surface area contributed by atoms with E-state index in [-0.39, 0.29) is 18.2 Å². The van der Waals surface area contributed by atoms with Crippen molar-refractivity contribution in [3.05, 3.63) is 23.8 Å². The van der Waals surface area contributed by atoms with Crippen molar-refractivity contribution < 1.29 is 9.59 Å². The van der Waals surface area contributed by atoms with Crippen molar-refractivity contribution >= 4 is 23.2 Å². The smallest absolute Gasteiger partial charge is 0.254 e. The Hall–Kier alpha value is -2.35. The second-order valence-corrected chi connectivity index (χ2v) is 5.15. The van der Waals surface area contributed by atoms with Crippen LogP contribution in [0.3, 0.4) is 0 Å². The quantitative estimate of drug-likeness (QED) is 0.606. The van der Waals surface area contributed by atoms with Crippen LogP contribution < -0.4 is 10.6 Å². The highest BCUT2D eigenvalue weighted by molar-refractivity contribution is 6.21. The molecule has 0 atom stereocenters. The summed E-state index contributed by atoms with van der Waals surface area (Å²) in [4.78, 5) is 25.7. The van der Waals surface area contributed by atoms with Crippen molar-refractivity contribution in [3.8, 4) is 6.07 Å². The maximum atomic E-state index is 12.5. The molecule has 0 aromatic heterocycles. The molecule has 2 N–H and O–H groups in total. The number of nitrogen functional groups attached to an aromatic ring is 1. The second kappa shape index (κ2) is 3.82. The van der Waals surface area contributed by atoms with E-state index in [0.29, 0.717) is 24.2 Å². The Morgan fingerprint density at radius 1 is 1.42 bits per heavy atom. The van der Waals surface area contributed by atoms with Gasteiger partial charge in [-0.25, -0.2) is 4.90 Å². The summed E-state index contributed by atoms with van der Waals surface area (Å²) in [6.45, 7) is 0. The molecule has 5 nitrogen and oxygen atoms in total. The maximum absolute atomic E-state index is 12.5. The van der Waals surface area contributed by atoms with Gasteiger partial charge in [-0.2, -0.15) is 5.26 Å². The van der Waals surface area contributed by atoms with Crippen molar-refractivity contribution in [2.75, 3.05) is 10.6 Å². The van der Waals surface area contributed by atoms with Crippen molar-refractivity contribution in [1.29, 1.82) is 5.26 Å². The van der Waals surface area contributed by atoms with Crippen LogP contribution in [0.15, 0.2) is 18.2 Å². The summed E-state index contributed by atoms with van der Waals surface area (Å²) in [6, 6.07) is 7.14. The highest BCUT2D eigenvalue weighted by Crippen LogP contribution is 2.44. The Morgan fingerprint density at radius 3 is 2.74 bits per heavy atom. The van der Waals surface area contributed by atoms with Crippen molar-refractivity contribution in [3.63, 3.8) is 0 Å². The van der Waals surface area contributed by atoms with E-state index >= 15 is 0 Å². The molecule has 1 heterocycles. The number of anilines is 2. The molecular formula is C14H13N3O2. The van der Waals surface area contributed by atoms with E-state index in [1.165, 1.54) is 0 Å². The summed E-state index contributed by atoms with van der Waals surface area (Å²) in [5.41, 5.74) is 6.58. The molecule has 1 saturated carbocycles. The highest BCUT2D eigenvalue weighted by atomic mass is 16.2. The van der Waals surface area contributed by atoms with Crippen LogP contribution in [-0.2, 0) is 16.0 Å². The zero-order chi connectivity index (χ0) is 13.6. The molecule has 0 bridgehead atoms. The van der Waals surface area contributed by atoms with Crippen molar-refractivity contribution in [2.24, 2.45) is 5.41 Å². The van der Waals surface area contributed by atoms with Gasteiger partial charge in [0.05, 0.1) is 18.2 Å². The molecule has 2 aliphatic rings. The Labute approximate surface area is 110 Å². The fraction of sp³-hybridized carbons (Fsp3) is 0.357.